The van der Waals surface area contributed by atoms with E-state index in [0.29, 0.717) is 13.1 Å². The highest BCUT2D eigenvalue weighted by Gasteiger charge is 2.06. The largest absolute Gasteiger partial charge is 0.395 e. The van der Waals surface area contributed by atoms with Crippen molar-refractivity contribution >= 4 is 5.91 Å². The predicted octanol–water partition coefficient (Wildman–Crippen LogP) is -1.06. The summed E-state index contributed by atoms with van der Waals surface area (Å²) in [6.45, 7) is 3.41. The number of carbonyl (C=O) groups excluding carboxylic acids is 1. The normalized spacial score (nSPS) is 9.69. The third-order valence-corrected chi connectivity index (χ3v) is 1.60. The summed E-state index contributed by atoms with van der Waals surface area (Å²) in [5.74, 6) is -0.183. The van der Waals surface area contributed by atoms with Crippen LogP contribution in [0.25, 0.3) is 0 Å². The van der Waals surface area contributed by atoms with Crippen LogP contribution in [0.4, 0.5) is 0 Å². The van der Waals surface area contributed by atoms with E-state index in [1.54, 1.807) is 4.90 Å². The SMILES string of the molecule is CCN(CCO)CC(=O)NCC#N. The maximum absolute atomic E-state index is 11.1. The van der Waals surface area contributed by atoms with Gasteiger partial charge in [0.2, 0.25) is 5.91 Å². The average Bonchev–Trinajstić information content (AvgIpc) is 2.14. The first kappa shape index (κ1) is 11.9. The van der Waals surface area contributed by atoms with Gasteiger partial charge in [-0.25, -0.2) is 0 Å². The van der Waals surface area contributed by atoms with Crippen LogP contribution in [0.1, 0.15) is 6.92 Å². The average molecular weight is 185 g/mol. The van der Waals surface area contributed by atoms with Crippen molar-refractivity contribution in [3.05, 3.63) is 0 Å². The second kappa shape index (κ2) is 7.53. The molecule has 13 heavy (non-hydrogen) atoms. The van der Waals surface area contributed by atoms with Crippen molar-refractivity contribution in [2.75, 3.05) is 32.8 Å². The number of aliphatic hydroxyl groups is 1. The van der Waals surface area contributed by atoms with E-state index in [9.17, 15) is 4.79 Å². The lowest BCUT2D eigenvalue weighted by Gasteiger charge is -2.17. The quantitative estimate of drug-likeness (QED) is 0.517. The third kappa shape index (κ3) is 6.08. The Morgan fingerprint density at radius 3 is 2.85 bits per heavy atom. The third-order valence-electron chi connectivity index (χ3n) is 1.60. The van der Waals surface area contributed by atoms with E-state index in [1.165, 1.54) is 0 Å². The van der Waals surface area contributed by atoms with Gasteiger partial charge in [-0.15, -0.1) is 0 Å². The Labute approximate surface area is 78.0 Å². The fraction of sp³-hybridized carbons (Fsp3) is 0.750. The maximum atomic E-state index is 11.1. The smallest absolute Gasteiger partial charge is 0.235 e. The first-order valence-electron chi connectivity index (χ1n) is 4.21. The van der Waals surface area contributed by atoms with Gasteiger partial charge in [-0.2, -0.15) is 5.26 Å². The van der Waals surface area contributed by atoms with E-state index >= 15 is 0 Å². The highest BCUT2D eigenvalue weighted by atomic mass is 16.3. The number of carbonyl (C=O) groups is 1. The number of amides is 1. The molecule has 0 aromatic heterocycles. The maximum Gasteiger partial charge on any atom is 0.235 e. The second-order valence-electron chi connectivity index (χ2n) is 2.53. The number of nitrogens with one attached hydrogen (secondary N) is 1. The van der Waals surface area contributed by atoms with Crippen LogP contribution in [-0.4, -0.2) is 48.7 Å². The van der Waals surface area contributed by atoms with Crippen LogP contribution in [0.3, 0.4) is 0 Å². The Kier molecular flexibility index (Phi) is 6.88. The number of rotatable bonds is 6. The Bertz CT molecular complexity index is 188. The van der Waals surface area contributed by atoms with Gasteiger partial charge in [0.1, 0.15) is 6.54 Å². The topological polar surface area (TPSA) is 76.4 Å². The van der Waals surface area contributed by atoms with Crippen LogP contribution in [-0.2, 0) is 4.79 Å². The van der Waals surface area contributed by atoms with Gasteiger partial charge in [0.05, 0.1) is 19.2 Å². The van der Waals surface area contributed by atoms with Gasteiger partial charge in [-0.1, -0.05) is 6.92 Å². The van der Waals surface area contributed by atoms with Crippen molar-refractivity contribution in [2.24, 2.45) is 0 Å². The highest BCUT2D eigenvalue weighted by Crippen LogP contribution is 1.85. The van der Waals surface area contributed by atoms with Gasteiger partial charge >= 0.3 is 0 Å². The van der Waals surface area contributed by atoms with Crippen LogP contribution in [0.5, 0.6) is 0 Å². The molecule has 0 unspecified atom stereocenters. The molecule has 0 heterocycles. The summed E-state index contributed by atoms with van der Waals surface area (Å²) >= 11 is 0. The molecule has 5 nitrogen and oxygen atoms in total. The first-order valence-corrected chi connectivity index (χ1v) is 4.21. The molecule has 0 aliphatic rings. The number of aliphatic hydroxyl groups excluding tert-OH is 1. The lowest BCUT2D eigenvalue weighted by atomic mass is 10.4. The highest BCUT2D eigenvalue weighted by molar-refractivity contribution is 5.78. The summed E-state index contributed by atoms with van der Waals surface area (Å²) in [5, 5.41) is 19.3. The zero-order valence-electron chi connectivity index (χ0n) is 7.79. The lowest BCUT2D eigenvalue weighted by Crippen LogP contribution is -2.38. The molecule has 0 spiro atoms. The number of hydrogen-bond acceptors (Lipinski definition) is 4. The molecular formula is C8H15N3O2. The summed E-state index contributed by atoms with van der Waals surface area (Å²) in [6, 6.07) is 1.82. The van der Waals surface area contributed by atoms with Crippen molar-refractivity contribution < 1.29 is 9.90 Å². The molecule has 0 aliphatic carbocycles. The number of hydrogen-bond donors (Lipinski definition) is 2. The number of likely N-dealkylation sites (N-methyl/N-ethyl adjacent to an activating group) is 1. The molecule has 0 bridgehead atoms. The molecule has 0 aromatic carbocycles. The van der Waals surface area contributed by atoms with E-state index < -0.39 is 0 Å². The zero-order chi connectivity index (χ0) is 10.1. The fourth-order valence-electron chi connectivity index (χ4n) is 0.888. The molecule has 0 saturated carbocycles. The van der Waals surface area contributed by atoms with Crippen LogP contribution < -0.4 is 5.32 Å². The Hall–Kier alpha value is -1.12. The summed E-state index contributed by atoms with van der Waals surface area (Å²) < 4.78 is 0. The van der Waals surface area contributed by atoms with E-state index in [-0.39, 0.29) is 25.6 Å². The lowest BCUT2D eigenvalue weighted by molar-refractivity contribution is -0.122. The molecule has 0 fully saturated rings. The monoisotopic (exact) mass is 185 g/mol. The minimum Gasteiger partial charge on any atom is -0.395 e. The van der Waals surface area contributed by atoms with Gasteiger partial charge < -0.3 is 10.4 Å². The summed E-state index contributed by atoms with van der Waals surface area (Å²) in [5.41, 5.74) is 0. The molecule has 2 N–H and O–H groups in total. The van der Waals surface area contributed by atoms with Crippen LogP contribution in [0.2, 0.25) is 0 Å². The Morgan fingerprint density at radius 2 is 2.38 bits per heavy atom. The van der Waals surface area contributed by atoms with Gasteiger partial charge in [-0.3, -0.25) is 9.69 Å². The molecule has 74 valence electrons. The molecule has 5 heteroatoms. The first-order chi connectivity index (χ1) is 6.24. The standard InChI is InChI=1S/C8H15N3O2/c1-2-11(5-6-12)7-8(13)10-4-3-9/h12H,2,4-7H2,1H3,(H,10,13). The molecule has 0 rings (SSSR count). The predicted molar refractivity (Wildman–Crippen MR) is 47.8 cm³/mol. The molecule has 1 amide bonds. The minimum atomic E-state index is -0.183. The van der Waals surface area contributed by atoms with E-state index in [4.69, 9.17) is 10.4 Å². The zero-order valence-corrected chi connectivity index (χ0v) is 7.79. The molecule has 0 atom stereocenters. The molecule has 0 radical (unpaired) electrons. The number of nitriles is 1. The van der Waals surface area contributed by atoms with Crippen LogP contribution in [0.15, 0.2) is 0 Å². The Balaban J connectivity index is 3.67. The minimum absolute atomic E-state index is 0.0372. The van der Waals surface area contributed by atoms with Gasteiger partial charge in [0.25, 0.3) is 0 Å². The fourth-order valence-corrected chi connectivity index (χ4v) is 0.888. The Morgan fingerprint density at radius 1 is 1.69 bits per heavy atom. The van der Waals surface area contributed by atoms with Gasteiger partial charge in [-0.05, 0) is 6.54 Å². The van der Waals surface area contributed by atoms with Crippen LogP contribution >= 0.6 is 0 Å². The molecule has 0 aromatic rings. The van der Waals surface area contributed by atoms with Crippen molar-refractivity contribution in [1.29, 1.82) is 5.26 Å². The van der Waals surface area contributed by atoms with Crippen molar-refractivity contribution in [3.8, 4) is 6.07 Å². The van der Waals surface area contributed by atoms with Gasteiger partial charge in [0.15, 0.2) is 0 Å². The molecule has 0 aliphatic heterocycles. The van der Waals surface area contributed by atoms with Gasteiger partial charge in [0, 0.05) is 6.54 Å². The summed E-state index contributed by atoms with van der Waals surface area (Å²) in [4.78, 5) is 12.9. The molecule has 0 saturated heterocycles. The van der Waals surface area contributed by atoms with E-state index in [1.807, 2.05) is 13.0 Å². The number of nitrogens with zero attached hydrogens (tertiary/aromatic N) is 2. The second-order valence-corrected chi connectivity index (χ2v) is 2.53. The summed E-state index contributed by atoms with van der Waals surface area (Å²) in [7, 11) is 0. The van der Waals surface area contributed by atoms with E-state index in [2.05, 4.69) is 5.32 Å². The van der Waals surface area contributed by atoms with Crippen molar-refractivity contribution in [3.63, 3.8) is 0 Å². The van der Waals surface area contributed by atoms with Crippen LogP contribution in [0, 0.1) is 11.3 Å². The summed E-state index contributed by atoms with van der Waals surface area (Å²) in [6.07, 6.45) is 0. The van der Waals surface area contributed by atoms with Crippen molar-refractivity contribution in [1.82, 2.24) is 10.2 Å². The molecular weight excluding hydrogens is 170 g/mol. The van der Waals surface area contributed by atoms with Crippen molar-refractivity contribution in [2.45, 2.75) is 6.92 Å². The van der Waals surface area contributed by atoms with E-state index in [0.717, 1.165) is 0 Å².